The van der Waals surface area contributed by atoms with E-state index in [1.54, 1.807) is 0 Å². The summed E-state index contributed by atoms with van der Waals surface area (Å²) < 4.78 is 3.22. The molecule has 3 nitrogen and oxygen atoms in total. The molecular weight excluding hydrogens is 254 g/mol. The highest BCUT2D eigenvalue weighted by Crippen LogP contribution is 2.31. The highest BCUT2D eigenvalue weighted by Gasteiger charge is 2.25. The summed E-state index contributed by atoms with van der Waals surface area (Å²) in [6.45, 7) is 5.61. The van der Waals surface area contributed by atoms with Crippen molar-refractivity contribution in [2.75, 3.05) is 13.6 Å². The van der Waals surface area contributed by atoms with Gasteiger partial charge in [0.2, 0.25) is 0 Å². The van der Waals surface area contributed by atoms with Gasteiger partial charge in [-0.05, 0) is 57.6 Å². The first-order chi connectivity index (χ1) is 9.08. The first-order valence-electron chi connectivity index (χ1n) is 6.98. The van der Waals surface area contributed by atoms with Crippen LogP contribution in [0.5, 0.6) is 0 Å². The number of H-pyrrole nitrogens is 1. The number of aromatic amines is 1. The maximum Gasteiger partial charge on any atom is 0.178 e. The van der Waals surface area contributed by atoms with Crippen molar-refractivity contribution in [3.05, 3.63) is 28.5 Å². The number of nitrogens with zero attached hydrogens (tertiary/aromatic N) is 2. The standard InChI is InChI=1S/C15H21N3S/c1-10-5-4-6-13-14(10)18(15(19)16-13)12-7-8-17(3)11(2)9-12/h4-6,11-12H,7-9H2,1-3H3,(H,16,19). The highest BCUT2D eigenvalue weighted by atomic mass is 32.1. The van der Waals surface area contributed by atoms with Gasteiger partial charge in [0, 0.05) is 18.6 Å². The van der Waals surface area contributed by atoms with Gasteiger partial charge in [-0.1, -0.05) is 12.1 Å². The van der Waals surface area contributed by atoms with Crippen molar-refractivity contribution in [3.8, 4) is 0 Å². The SMILES string of the molecule is Cc1cccc2[nH]c(=S)n(C3CCN(C)C(C)C3)c12. The fraction of sp³-hybridized carbons (Fsp3) is 0.533. The Labute approximate surface area is 119 Å². The largest absolute Gasteiger partial charge is 0.331 e. The Bertz CT molecular complexity index is 655. The molecular formula is C15H21N3S. The number of fused-ring (bicyclic) bond motifs is 1. The predicted molar refractivity (Wildman–Crippen MR) is 82.2 cm³/mol. The molecule has 1 aliphatic heterocycles. The van der Waals surface area contributed by atoms with E-state index in [1.807, 2.05) is 0 Å². The fourth-order valence-electron chi connectivity index (χ4n) is 3.20. The average Bonchev–Trinajstić information content (AvgIpc) is 2.70. The Morgan fingerprint density at radius 3 is 2.89 bits per heavy atom. The second kappa shape index (κ2) is 4.76. The van der Waals surface area contributed by atoms with E-state index in [9.17, 15) is 0 Å². The summed E-state index contributed by atoms with van der Waals surface area (Å²) in [5.41, 5.74) is 3.75. The van der Waals surface area contributed by atoms with Crippen LogP contribution in [0.2, 0.25) is 0 Å². The lowest BCUT2D eigenvalue weighted by molar-refractivity contribution is 0.158. The van der Waals surface area contributed by atoms with E-state index in [1.165, 1.54) is 23.9 Å². The van der Waals surface area contributed by atoms with Crippen molar-refractivity contribution in [2.24, 2.45) is 0 Å². The molecule has 1 fully saturated rings. The number of hydrogen-bond acceptors (Lipinski definition) is 2. The molecule has 3 rings (SSSR count). The van der Waals surface area contributed by atoms with Gasteiger partial charge in [0.05, 0.1) is 11.0 Å². The van der Waals surface area contributed by atoms with Crippen molar-refractivity contribution in [2.45, 2.75) is 38.8 Å². The Morgan fingerprint density at radius 2 is 2.16 bits per heavy atom. The fourth-order valence-corrected chi connectivity index (χ4v) is 3.55. The molecule has 102 valence electrons. The molecule has 0 bridgehead atoms. The molecule has 2 heterocycles. The zero-order valence-corrected chi connectivity index (χ0v) is 12.6. The van der Waals surface area contributed by atoms with E-state index in [2.05, 4.69) is 53.5 Å². The Morgan fingerprint density at radius 1 is 1.37 bits per heavy atom. The molecule has 1 aromatic heterocycles. The van der Waals surface area contributed by atoms with Crippen LogP contribution in [0.25, 0.3) is 11.0 Å². The summed E-state index contributed by atoms with van der Waals surface area (Å²) in [5.74, 6) is 0. The smallest absolute Gasteiger partial charge is 0.178 e. The minimum Gasteiger partial charge on any atom is -0.331 e. The van der Waals surface area contributed by atoms with Crippen molar-refractivity contribution in [1.82, 2.24) is 14.5 Å². The number of piperidine rings is 1. The van der Waals surface area contributed by atoms with Crippen LogP contribution in [0.4, 0.5) is 0 Å². The van der Waals surface area contributed by atoms with Gasteiger partial charge in [-0.3, -0.25) is 0 Å². The first-order valence-corrected chi connectivity index (χ1v) is 7.39. The van der Waals surface area contributed by atoms with Crippen LogP contribution < -0.4 is 0 Å². The molecule has 0 saturated carbocycles. The van der Waals surface area contributed by atoms with Crippen LogP contribution in [0.15, 0.2) is 18.2 Å². The molecule has 0 aliphatic carbocycles. The lowest BCUT2D eigenvalue weighted by Crippen LogP contribution is -2.38. The van der Waals surface area contributed by atoms with Crippen LogP contribution in [0.3, 0.4) is 0 Å². The lowest BCUT2D eigenvalue weighted by atomic mass is 9.98. The molecule has 2 atom stereocenters. The number of nitrogens with one attached hydrogen (secondary N) is 1. The van der Waals surface area contributed by atoms with Gasteiger partial charge in [-0.25, -0.2) is 0 Å². The second-order valence-corrected chi connectivity index (χ2v) is 6.17. The molecule has 1 saturated heterocycles. The topological polar surface area (TPSA) is 24.0 Å². The van der Waals surface area contributed by atoms with Gasteiger partial charge in [0.25, 0.3) is 0 Å². The molecule has 4 heteroatoms. The van der Waals surface area contributed by atoms with Gasteiger partial charge in [-0.2, -0.15) is 0 Å². The number of hydrogen-bond donors (Lipinski definition) is 1. The van der Waals surface area contributed by atoms with Crippen LogP contribution in [0.1, 0.15) is 31.4 Å². The van der Waals surface area contributed by atoms with Crippen molar-refractivity contribution < 1.29 is 0 Å². The molecule has 2 aromatic rings. The minimum atomic E-state index is 0.522. The number of rotatable bonds is 1. The summed E-state index contributed by atoms with van der Waals surface area (Å²) in [6, 6.07) is 7.51. The maximum atomic E-state index is 5.56. The Balaban J connectivity index is 2.10. The number of para-hydroxylation sites is 1. The first kappa shape index (κ1) is 12.9. The van der Waals surface area contributed by atoms with Gasteiger partial charge >= 0.3 is 0 Å². The number of imidazole rings is 1. The summed E-state index contributed by atoms with van der Waals surface area (Å²) in [7, 11) is 2.21. The molecule has 19 heavy (non-hydrogen) atoms. The average molecular weight is 275 g/mol. The Hall–Kier alpha value is -1.13. The van der Waals surface area contributed by atoms with E-state index in [4.69, 9.17) is 12.2 Å². The third kappa shape index (κ3) is 2.13. The maximum absolute atomic E-state index is 5.56. The molecule has 1 aromatic carbocycles. The summed E-state index contributed by atoms with van der Waals surface area (Å²) in [5, 5.41) is 0. The molecule has 1 N–H and O–H groups in total. The summed E-state index contributed by atoms with van der Waals surface area (Å²) >= 11 is 5.56. The molecule has 2 unspecified atom stereocenters. The Kier molecular flexibility index (Phi) is 3.23. The third-order valence-electron chi connectivity index (χ3n) is 4.48. The van der Waals surface area contributed by atoms with Gasteiger partial charge in [-0.15, -0.1) is 0 Å². The van der Waals surface area contributed by atoms with Gasteiger partial charge in [0.15, 0.2) is 4.77 Å². The zero-order valence-electron chi connectivity index (χ0n) is 11.8. The number of aryl methyl sites for hydroxylation is 1. The van der Waals surface area contributed by atoms with E-state index in [0.29, 0.717) is 12.1 Å². The van der Waals surface area contributed by atoms with Crippen LogP contribution in [-0.4, -0.2) is 34.1 Å². The number of benzene rings is 1. The van der Waals surface area contributed by atoms with E-state index < -0.39 is 0 Å². The summed E-state index contributed by atoms with van der Waals surface area (Å²) in [4.78, 5) is 5.79. The van der Waals surface area contributed by atoms with Gasteiger partial charge in [0.1, 0.15) is 0 Å². The quantitative estimate of drug-likeness (QED) is 0.803. The van der Waals surface area contributed by atoms with Crippen LogP contribution >= 0.6 is 12.2 Å². The lowest BCUT2D eigenvalue weighted by Gasteiger charge is -2.36. The molecule has 0 amide bonds. The van der Waals surface area contributed by atoms with E-state index >= 15 is 0 Å². The molecule has 0 spiro atoms. The van der Waals surface area contributed by atoms with Crippen LogP contribution in [0, 0.1) is 11.7 Å². The van der Waals surface area contributed by atoms with E-state index in [-0.39, 0.29) is 0 Å². The highest BCUT2D eigenvalue weighted by molar-refractivity contribution is 7.71. The third-order valence-corrected chi connectivity index (χ3v) is 4.78. The zero-order chi connectivity index (χ0) is 13.6. The van der Waals surface area contributed by atoms with Crippen molar-refractivity contribution >= 4 is 23.3 Å². The second-order valence-electron chi connectivity index (χ2n) is 5.78. The molecule has 0 radical (unpaired) electrons. The van der Waals surface area contributed by atoms with Gasteiger partial charge < -0.3 is 14.5 Å². The van der Waals surface area contributed by atoms with Crippen molar-refractivity contribution in [1.29, 1.82) is 0 Å². The monoisotopic (exact) mass is 275 g/mol. The number of likely N-dealkylation sites (tertiary alicyclic amines) is 1. The number of aromatic nitrogens is 2. The van der Waals surface area contributed by atoms with E-state index in [0.717, 1.165) is 16.8 Å². The predicted octanol–water partition coefficient (Wildman–Crippen LogP) is 3.66. The molecule has 1 aliphatic rings. The summed E-state index contributed by atoms with van der Waals surface area (Å²) in [6.07, 6.45) is 2.35. The minimum absolute atomic E-state index is 0.522. The van der Waals surface area contributed by atoms with Crippen molar-refractivity contribution in [3.63, 3.8) is 0 Å². The van der Waals surface area contributed by atoms with Crippen LogP contribution in [-0.2, 0) is 0 Å². The normalized spacial score (nSPS) is 25.0.